The third-order valence-corrected chi connectivity index (χ3v) is 3.74. The van der Waals surface area contributed by atoms with Crippen LogP contribution in [-0.2, 0) is 9.59 Å². The summed E-state index contributed by atoms with van der Waals surface area (Å²) in [5, 5.41) is 5.78. The van der Waals surface area contributed by atoms with Crippen LogP contribution in [0.15, 0.2) is 12.2 Å². The zero-order valence-electron chi connectivity index (χ0n) is 13.7. The number of allylic oxidation sites excluding steroid dienone is 1. The van der Waals surface area contributed by atoms with Gasteiger partial charge in [0, 0.05) is 6.42 Å². The van der Waals surface area contributed by atoms with E-state index >= 15 is 0 Å². The molecule has 3 atom stereocenters. The summed E-state index contributed by atoms with van der Waals surface area (Å²) >= 11 is 0. The van der Waals surface area contributed by atoms with Crippen LogP contribution in [0.3, 0.4) is 0 Å². The Balaban J connectivity index is 4.53. The molecule has 0 fully saturated rings. The van der Waals surface area contributed by atoms with Gasteiger partial charge in [-0.1, -0.05) is 32.9 Å². The first kappa shape index (κ1) is 18.8. The molecule has 0 bridgehead atoms. The van der Waals surface area contributed by atoms with Crippen molar-refractivity contribution < 1.29 is 9.59 Å². The highest BCUT2D eigenvalue weighted by Gasteiger charge is 2.25. The fourth-order valence-corrected chi connectivity index (χ4v) is 2.24. The fourth-order valence-electron chi connectivity index (χ4n) is 2.24. The van der Waals surface area contributed by atoms with E-state index in [-0.39, 0.29) is 29.6 Å². The lowest BCUT2D eigenvalue weighted by Crippen LogP contribution is -2.50. The number of hydrogen-bond donors (Lipinski definition) is 2. The van der Waals surface area contributed by atoms with Crippen LogP contribution in [0.1, 0.15) is 47.5 Å². The number of amides is 1. The fraction of sp³-hybridized carbons (Fsp3) is 0.750. The van der Waals surface area contributed by atoms with Gasteiger partial charge in [0.2, 0.25) is 5.91 Å². The van der Waals surface area contributed by atoms with Crippen LogP contribution >= 0.6 is 0 Å². The predicted molar refractivity (Wildman–Crippen MR) is 83.5 cm³/mol. The SMILES string of the molecule is C=C(C)[C@H](CC)CC(=O)[C@H](C)NC(=O)[C@@H](NC)C(C)C. The third kappa shape index (κ3) is 5.87. The van der Waals surface area contributed by atoms with Gasteiger partial charge in [0.25, 0.3) is 0 Å². The van der Waals surface area contributed by atoms with E-state index in [1.807, 2.05) is 27.7 Å². The third-order valence-electron chi connectivity index (χ3n) is 3.74. The monoisotopic (exact) mass is 282 g/mol. The Morgan fingerprint density at radius 1 is 1.20 bits per heavy atom. The summed E-state index contributed by atoms with van der Waals surface area (Å²) in [6, 6.07) is -0.723. The molecule has 0 aromatic rings. The van der Waals surface area contributed by atoms with E-state index in [0.29, 0.717) is 6.42 Å². The molecule has 4 nitrogen and oxygen atoms in total. The molecule has 2 N–H and O–H groups in total. The zero-order chi connectivity index (χ0) is 15.9. The Kier molecular flexibility index (Phi) is 8.39. The summed E-state index contributed by atoms with van der Waals surface area (Å²) < 4.78 is 0. The maximum absolute atomic E-state index is 12.2. The van der Waals surface area contributed by atoms with E-state index in [4.69, 9.17) is 0 Å². The van der Waals surface area contributed by atoms with Gasteiger partial charge < -0.3 is 10.6 Å². The van der Waals surface area contributed by atoms with Gasteiger partial charge in [-0.05, 0) is 39.2 Å². The Hall–Kier alpha value is -1.16. The average molecular weight is 282 g/mol. The van der Waals surface area contributed by atoms with Crippen LogP contribution in [0, 0.1) is 11.8 Å². The van der Waals surface area contributed by atoms with Crippen LogP contribution in [0.4, 0.5) is 0 Å². The molecule has 20 heavy (non-hydrogen) atoms. The second kappa shape index (κ2) is 8.90. The first-order valence-electron chi connectivity index (χ1n) is 7.40. The highest BCUT2D eigenvalue weighted by Crippen LogP contribution is 2.18. The number of carbonyl (C=O) groups excluding carboxylic acids is 2. The van der Waals surface area contributed by atoms with Gasteiger partial charge in [-0.15, -0.1) is 0 Å². The highest BCUT2D eigenvalue weighted by atomic mass is 16.2. The van der Waals surface area contributed by atoms with Crippen LogP contribution < -0.4 is 10.6 Å². The predicted octanol–water partition coefficient (Wildman–Crippen LogP) is 2.30. The molecule has 0 radical (unpaired) electrons. The summed E-state index contributed by atoms with van der Waals surface area (Å²) in [7, 11) is 1.75. The minimum absolute atomic E-state index is 0.0619. The molecule has 0 saturated heterocycles. The van der Waals surface area contributed by atoms with E-state index in [9.17, 15) is 9.59 Å². The Bertz CT molecular complexity index is 350. The lowest BCUT2D eigenvalue weighted by atomic mass is 9.91. The molecule has 0 aliphatic heterocycles. The van der Waals surface area contributed by atoms with Gasteiger partial charge in [-0.2, -0.15) is 0 Å². The lowest BCUT2D eigenvalue weighted by Gasteiger charge is -2.23. The van der Waals surface area contributed by atoms with Gasteiger partial charge in [0.15, 0.2) is 5.78 Å². The molecule has 0 spiro atoms. The van der Waals surface area contributed by atoms with Crippen molar-refractivity contribution in [2.45, 2.75) is 59.5 Å². The van der Waals surface area contributed by atoms with Crippen molar-refractivity contribution in [2.24, 2.45) is 11.8 Å². The van der Waals surface area contributed by atoms with Crippen molar-refractivity contribution in [1.29, 1.82) is 0 Å². The lowest BCUT2D eigenvalue weighted by molar-refractivity contribution is -0.129. The maximum atomic E-state index is 12.2. The number of ketones is 1. The molecule has 116 valence electrons. The average Bonchev–Trinajstić information content (AvgIpc) is 2.35. The van der Waals surface area contributed by atoms with E-state index in [2.05, 4.69) is 17.2 Å². The largest absolute Gasteiger partial charge is 0.345 e. The molecule has 1 amide bonds. The summed E-state index contributed by atoms with van der Waals surface area (Å²) in [4.78, 5) is 24.2. The number of Topliss-reactive ketones (excluding diaryl/α,β-unsaturated/α-hetero) is 1. The summed E-state index contributed by atoms with van der Waals surface area (Å²) in [5.41, 5.74) is 1.02. The Labute approximate surface area is 123 Å². The van der Waals surface area contributed by atoms with E-state index in [1.54, 1.807) is 14.0 Å². The van der Waals surface area contributed by atoms with Crippen LogP contribution in [0.5, 0.6) is 0 Å². The standard InChI is InChI=1S/C16H30N2O2/c1-8-13(10(2)3)9-14(19)12(6)18-16(20)15(17-7)11(4)5/h11-13,15,17H,2,8-9H2,1,3-7H3,(H,18,20)/t12-,13+,15-/m0/s1. The van der Waals surface area contributed by atoms with Gasteiger partial charge in [0.05, 0.1) is 12.1 Å². The Morgan fingerprint density at radius 3 is 2.10 bits per heavy atom. The Morgan fingerprint density at radius 2 is 1.75 bits per heavy atom. The second-order valence-corrected chi connectivity index (χ2v) is 5.86. The van der Waals surface area contributed by atoms with Crippen molar-refractivity contribution in [2.75, 3.05) is 7.05 Å². The van der Waals surface area contributed by atoms with Crippen molar-refractivity contribution in [3.63, 3.8) is 0 Å². The normalized spacial score (nSPS) is 15.6. The van der Waals surface area contributed by atoms with E-state index in [1.165, 1.54) is 0 Å². The smallest absolute Gasteiger partial charge is 0.237 e. The number of rotatable bonds is 9. The number of likely N-dealkylation sites (N-methyl/N-ethyl adjacent to an activating group) is 1. The summed E-state index contributed by atoms with van der Waals surface area (Å²) in [6.07, 6.45) is 1.34. The molecule has 0 rings (SSSR count). The van der Waals surface area contributed by atoms with Gasteiger partial charge in [-0.25, -0.2) is 0 Å². The molecule has 0 aromatic heterocycles. The van der Waals surface area contributed by atoms with Crippen molar-refractivity contribution in [3.05, 3.63) is 12.2 Å². The van der Waals surface area contributed by atoms with E-state index in [0.717, 1.165) is 12.0 Å². The van der Waals surface area contributed by atoms with Gasteiger partial charge in [0.1, 0.15) is 0 Å². The van der Waals surface area contributed by atoms with Crippen LogP contribution in [0.2, 0.25) is 0 Å². The zero-order valence-corrected chi connectivity index (χ0v) is 13.7. The molecule has 0 aromatic carbocycles. The van der Waals surface area contributed by atoms with Gasteiger partial charge in [-0.3, -0.25) is 9.59 Å². The number of carbonyl (C=O) groups is 2. The van der Waals surface area contributed by atoms with Crippen molar-refractivity contribution in [3.8, 4) is 0 Å². The second-order valence-electron chi connectivity index (χ2n) is 5.86. The highest BCUT2D eigenvalue weighted by molar-refractivity contribution is 5.90. The molecule has 0 aliphatic rings. The quantitative estimate of drug-likeness (QED) is 0.638. The topological polar surface area (TPSA) is 58.2 Å². The molecule has 4 heteroatoms. The van der Waals surface area contributed by atoms with E-state index < -0.39 is 6.04 Å². The molecule has 0 saturated carbocycles. The summed E-state index contributed by atoms with van der Waals surface area (Å²) in [5.74, 6) is 0.326. The molecular weight excluding hydrogens is 252 g/mol. The number of hydrogen-bond acceptors (Lipinski definition) is 3. The van der Waals surface area contributed by atoms with Crippen LogP contribution in [0.25, 0.3) is 0 Å². The molecule has 0 unspecified atom stereocenters. The molecular formula is C16H30N2O2. The maximum Gasteiger partial charge on any atom is 0.237 e. The van der Waals surface area contributed by atoms with Gasteiger partial charge >= 0.3 is 0 Å². The number of nitrogens with one attached hydrogen (secondary N) is 2. The first-order valence-corrected chi connectivity index (χ1v) is 7.40. The van der Waals surface area contributed by atoms with Crippen molar-refractivity contribution in [1.82, 2.24) is 10.6 Å². The molecule has 0 aliphatic carbocycles. The summed E-state index contributed by atoms with van der Waals surface area (Å²) in [6.45, 7) is 13.6. The first-order chi connectivity index (χ1) is 9.24. The molecule has 0 heterocycles. The van der Waals surface area contributed by atoms with Crippen LogP contribution in [-0.4, -0.2) is 30.8 Å². The minimum Gasteiger partial charge on any atom is -0.345 e. The minimum atomic E-state index is -0.453. The van der Waals surface area contributed by atoms with Crippen molar-refractivity contribution >= 4 is 11.7 Å².